The zero-order valence-electron chi connectivity index (χ0n) is 12.4. The molecular weight excluding hydrogens is 292 g/mol. The number of hydrogen-bond acceptors (Lipinski definition) is 4. The van der Waals surface area contributed by atoms with Gasteiger partial charge in [0, 0.05) is 12.7 Å². The molecule has 114 valence electrons. The third-order valence-corrected chi connectivity index (χ3v) is 3.76. The highest BCUT2D eigenvalue weighted by atomic mass is 35.5. The van der Waals surface area contributed by atoms with Crippen LogP contribution in [0.5, 0.6) is 0 Å². The smallest absolute Gasteiger partial charge is 0.354 e. The summed E-state index contributed by atoms with van der Waals surface area (Å²) in [4.78, 5) is 11.8. The molecule has 2 aromatic rings. The average Bonchev–Trinajstić information content (AvgIpc) is 2.99. The molecule has 0 aliphatic rings. The van der Waals surface area contributed by atoms with Gasteiger partial charge < -0.3 is 15.0 Å². The van der Waals surface area contributed by atoms with Crippen molar-refractivity contribution in [1.82, 2.24) is 14.3 Å². The van der Waals surface area contributed by atoms with E-state index >= 15 is 0 Å². The van der Waals surface area contributed by atoms with Crippen molar-refractivity contribution in [3.8, 4) is 0 Å². The number of aromatic nitrogens is 3. The van der Waals surface area contributed by atoms with E-state index < -0.39 is 5.97 Å². The Morgan fingerprint density at radius 2 is 2.19 bits per heavy atom. The van der Waals surface area contributed by atoms with E-state index in [9.17, 15) is 4.79 Å². The summed E-state index contributed by atoms with van der Waals surface area (Å²) < 4.78 is 8.35. The van der Waals surface area contributed by atoms with Crippen LogP contribution in [0.25, 0.3) is 0 Å². The van der Waals surface area contributed by atoms with Gasteiger partial charge in [-0.1, -0.05) is 18.5 Å². The molecule has 0 aromatic carbocycles. The summed E-state index contributed by atoms with van der Waals surface area (Å²) >= 11 is 6.39. The fourth-order valence-corrected chi connectivity index (χ4v) is 2.60. The van der Waals surface area contributed by atoms with Crippen molar-refractivity contribution in [3.63, 3.8) is 0 Å². The Bertz CT molecular complexity index is 660. The highest BCUT2D eigenvalue weighted by Crippen LogP contribution is 2.24. The molecule has 0 fully saturated rings. The first-order chi connectivity index (χ1) is 10.0. The van der Waals surface area contributed by atoms with E-state index in [1.54, 1.807) is 16.8 Å². The highest BCUT2D eigenvalue weighted by Gasteiger charge is 2.18. The Kier molecular flexibility index (Phi) is 4.57. The van der Waals surface area contributed by atoms with Crippen molar-refractivity contribution in [1.29, 1.82) is 0 Å². The van der Waals surface area contributed by atoms with Crippen LogP contribution in [0.4, 0.5) is 5.69 Å². The number of anilines is 1. The fourth-order valence-electron chi connectivity index (χ4n) is 2.27. The number of nitrogens with two attached hydrogens (primary N) is 1. The monoisotopic (exact) mass is 310 g/mol. The van der Waals surface area contributed by atoms with Gasteiger partial charge in [-0.2, -0.15) is 5.10 Å². The normalized spacial score (nSPS) is 10.9. The van der Waals surface area contributed by atoms with Gasteiger partial charge in [-0.15, -0.1) is 0 Å². The Labute approximate surface area is 128 Å². The number of nitrogens with zero attached hydrogens (tertiary/aromatic N) is 3. The molecule has 2 rings (SSSR count). The number of carbonyl (C=O) groups excluding carboxylic acids is 1. The second-order valence-electron chi connectivity index (χ2n) is 4.65. The lowest BCUT2D eigenvalue weighted by Gasteiger charge is -2.09. The van der Waals surface area contributed by atoms with Gasteiger partial charge in [0.25, 0.3) is 0 Å². The van der Waals surface area contributed by atoms with Gasteiger partial charge in [0.15, 0.2) is 0 Å². The Balaban J connectivity index is 2.43. The first kappa shape index (κ1) is 15.4. The third-order valence-electron chi connectivity index (χ3n) is 3.33. The average molecular weight is 311 g/mol. The van der Waals surface area contributed by atoms with E-state index in [1.165, 1.54) is 7.11 Å². The summed E-state index contributed by atoms with van der Waals surface area (Å²) in [6.07, 6.45) is 2.46. The minimum Gasteiger partial charge on any atom is -0.464 e. The van der Waals surface area contributed by atoms with Gasteiger partial charge in [-0.3, -0.25) is 4.68 Å². The Morgan fingerprint density at radius 3 is 2.76 bits per heavy atom. The molecule has 2 heterocycles. The van der Waals surface area contributed by atoms with Crippen molar-refractivity contribution in [2.24, 2.45) is 0 Å². The van der Waals surface area contributed by atoms with Gasteiger partial charge in [0.2, 0.25) is 0 Å². The first-order valence-corrected chi connectivity index (χ1v) is 7.17. The molecule has 7 heteroatoms. The second-order valence-corrected chi connectivity index (χ2v) is 5.03. The lowest BCUT2D eigenvalue weighted by Crippen LogP contribution is -2.13. The zero-order valence-corrected chi connectivity index (χ0v) is 13.1. The predicted octanol–water partition coefficient (Wildman–Crippen LogP) is 2.34. The van der Waals surface area contributed by atoms with Crippen LogP contribution >= 0.6 is 11.6 Å². The maximum Gasteiger partial charge on any atom is 0.354 e. The SMILES string of the molecule is CCc1nn(CC)c(Cn2cc(N)cc2C(=O)OC)c1Cl. The van der Waals surface area contributed by atoms with Gasteiger partial charge in [-0.25, -0.2) is 4.79 Å². The van der Waals surface area contributed by atoms with Crippen molar-refractivity contribution in [2.75, 3.05) is 12.8 Å². The summed E-state index contributed by atoms with van der Waals surface area (Å²) in [6, 6.07) is 1.59. The highest BCUT2D eigenvalue weighted by molar-refractivity contribution is 6.31. The summed E-state index contributed by atoms with van der Waals surface area (Å²) in [5.41, 5.74) is 8.40. The van der Waals surface area contributed by atoms with Gasteiger partial charge in [0.05, 0.1) is 35.8 Å². The van der Waals surface area contributed by atoms with Gasteiger partial charge >= 0.3 is 5.97 Å². The van der Waals surface area contributed by atoms with Gasteiger partial charge in [0.1, 0.15) is 5.69 Å². The molecule has 0 amide bonds. The minimum absolute atomic E-state index is 0.396. The van der Waals surface area contributed by atoms with Crippen molar-refractivity contribution >= 4 is 23.3 Å². The molecule has 0 saturated carbocycles. The van der Waals surface area contributed by atoms with Crippen molar-refractivity contribution in [3.05, 3.63) is 34.4 Å². The van der Waals surface area contributed by atoms with Crippen LogP contribution in [0.2, 0.25) is 5.02 Å². The number of methoxy groups -OCH3 is 1. The molecule has 2 N–H and O–H groups in total. The molecule has 0 aliphatic carbocycles. The van der Waals surface area contributed by atoms with E-state index in [2.05, 4.69) is 5.10 Å². The number of carbonyl (C=O) groups is 1. The molecule has 0 unspecified atom stereocenters. The molecule has 6 nitrogen and oxygen atoms in total. The molecule has 0 bridgehead atoms. The summed E-state index contributed by atoms with van der Waals surface area (Å²) in [6.45, 7) is 5.13. The molecule has 0 spiro atoms. The number of ether oxygens (including phenoxy) is 1. The number of esters is 1. The fraction of sp³-hybridized carbons (Fsp3) is 0.429. The topological polar surface area (TPSA) is 75.1 Å². The lowest BCUT2D eigenvalue weighted by molar-refractivity contribution is 0.0589. The van der Waals surface area contributed by atoms with Crippen LogP contribution in [-0.2, 0) is 24.2 Å². The van der Waals surface area contributed by atoms with Crippen LogP contribution in [0.15, 0.2) is 12.3 Å². The number of aryl methyl sites for hydroxylation is 2. The third kappa shape index (κ3) is 2.90. The predicted molar refractivity (Wildman–Crippen MR) is 81.6 cm³/mol. The van der Waals surface area contributed by atoms with E-state index in [-0.39, 0.29) is 0 Å². The maximum absolute atomic E-state index is 11.8. The largest absolute Gasteiger partial charge is 0.464 e. The Hall–Kier alpha value is -1.95. The summed E-state index contributed by atoms with van der Waals surface area (Å²) in [5, 5.41) is 5.11. The molecule has 0 atom stereocenters. The van der Waals surface area contributed by atoms with Gasteiger partial charge in [-0.05, 0) is 19.4 Å². The quantitative estimate of drug-likeness (QED) is 0.860. The molecule has 0 saturated heterocycles. The van der Waals surface area contributed by atoms with E-state index in [1.807, 2.05) is 18.5 Å². The number of halogens is 1. The lowest BCUT2D eigenvalue weighted by atomic mass is 10.3. The molecule has 21 heavy (non-hydrogen) atoms. The zero-order chi connectivity index (χ0) is 15.6. The maximum atomic E-state index is 11.8. The molecular formula is C14H19ClN4O2. The molecule has 0 aliphatic heterocycles. The standard InChI is InChI=1S/C14H19ClN4O2/c1-4-10-13(15)12(19(5-2)17-10)8-18-7-9(16)6-11(18)14(20)21-3/h6-7H,4-5,8,16H2,1-3H3. The van der Waals surface area contributed by atoms with Crippen LogP contribution in [-0.4, -0.2) is 27.4 Å². The second kappa shape index (κ2) is 6.22. The number of rotatable bonds is 5. The van der Waals surface area contributed by atoms with Crippen LogP contribution < -0.4 is 5.73 Å². The van der Waals surface area contributed by atoms with Crippen LogP contribution in [0.1, 0.15) is 35.7 Å². The van der Waals surface area contributed by atoms with Crippen LogP contribution in [0, 0.1) is 0 Å². The number of hydrogen-bond donors (Lipinski definition) is 1. The van der Waals surface area contributed by atoms with E-state index in [4.69, 9.17) is 22.1 Å². The summed E-state index contributed by atoms with van der Waals surface area (Å²) in [7, 11) is 1.34. The number of nitrogen functional groups attached to an aromatic ring is 1. The molecule has 0 radical (unpaired) electrons. The Morgan fingerprint density at radius 1 is 1.48 bits per heavy atom. The first-order valence-electron chi connectivity index (χ1n) is 6.79. The molecule has 2 aromatic heterocycles. The summed E-state index contributed by atoms with van der Waals surface area (Å²) in [5.74, 6) is -0.430. The van der Waals surface area contributed by atoms with Crippen molar-refractivity contribution in [2.45, 2.75) is 33.4 Å². The van der Waals surface area contributed by atoms with E-state index in [0.29, 0.717) is 29.5 Å². The van der Waals surface area contributed by atoms with E-state index in [0.717, 1.165) is 17.8 Å². The van der Waals surface area contributed by atoms with Crippen molar-refractivity contribution < 1.29 is 9.53 Å². The minimum atomic E-state index is -0.430. The van der Waals surface area contributed by atoms with Crippen LogP contribution in [0.3, 0.4) is 0 Å².